The lowest BCUT2D eigenvalue weighted by molar-refractivity contribution is -0.272. The molecule has 0 amide bonds. The van der Waals surface area contributed by atoms with E-state index < -0.39 is 5.79 Å². The van der Waals surface area contributed by atoms with Gasteiger partial charge >= 0.3 is 0 Å². The van der Waals surface area contributed by atoms with Gasteiger partial charge in [-0.1, -0.05) is 85.3 Å². The van der Waals surface area contributed by atoms with Gasteiger partial charge in [-0.2, -0.15) is 0 Å². The Morgan fingerprint density at radius 1 is 0.875 bits per heavy atom. The molecular formula is C28H31ClNO2. The highest BCUT2D eigenvalue weighted by molar-refractivity contribution is 6.33. The molecule has 1 atom stereocenters. The molecule has 32 heavy (non-hydrogen) atoms. The van der Waals surface area contributed by atoms with Crippen molar-refractivity contribution in [2.75, 3.05) is 19.1 Å². The molecule has 1 saturated carbocycles. The number of nitrogens with zero attached hydrogens (tertiary/aromatic N) is 1. The van der Waals surface area contributed by atoms with Crippen LogP contribution in [-0.4, -0.2) is 20.0 Å². The minimum absolute atomic E-state index is 0.239. The summed E-state index contributed by atoms with van der Waals surface area (Å²) in [5.41, 5.74) is 4.77. The maximum Gasteiger partial charge on any atom is 0.172 e. The van der Waals surface area contributed by atoms with Crippen LogP contribution in [0.3, 0.4) is 0 Å². The zero-order chi connectivity index (χ0) is 22.6. The van der Waals surface area contributed by atoms with Crippen LogP contribution in [0.25, 0.3) is 0 Å². The molecule has 1 aliphatic carbocycles. The molecule has 4 heteroatoms. The van der Waals surface area contributed by atoms with Gasteiger partial charge in [0.2, 0.25) is 0 Å². The Bertz CT molecular complexity index is 963. The van der Waals surface area contributed by atoms with Gasteiger partial charge in [-0.05, 0) is 35.2 Å². The van der Waals surface area contributed by atoms with Crippen molar-refractivity contribution in [3.05, 3.63) is 106 Å². The maximum absolute atomic E-state index is 6.77. The number of hydrogen-bond donors (Lipinski definition) is 0. The van der Waals surface area contributed by atoms with E-state index in [0.717, 1.165) is 36.6 Å². The fourth-order valence-electron chi connectivity index (χ4n) is 4.81. The molecule has 1 aliphatic rings. The number of rotatable bonds is 9. The molecule has 0 spiro atoms. The van der Waals surface area contributed by atoms with Crippen LogP contribution in [0.4, 0.5) is 5.69 Å². The molecule has 167 valence electrons. The molecule has 3 aromatic carbocycles. The zero-order valence-electron chi connectivity index (χ0n) is 19.1. The number of methoxy groups -OCH3 is 2. The quantitative estimate of drug-likeness (QED) is 0.333. The Labute approximate surface area is 196 Å². The third-order valence-electron chi connectivity index (χ3n) is 6.58. The molecule has 3 nitrogen and oxygen atoms in total. The van der Waals surface area contributed by atoms with E-state index in [4.69, 9.17) is 21.1 Å². The van der Waals surface area contributed by atoms with Gasteiger partial charge in [-0.25, -0.2) is 0 Å². The average Bonchev–Trinajstić information content (AvgIpc) is 2.81. The maximum atomic E-state index is 6.77. The number of halogens is 1. The minimum atomic E-state index is -0.516. The van der Waals surface area contributed by atoms with E-state index in [9.17, 15) is 0 Å². The van der Waals surface area contributed by atoms with E-state index in [2.05, 4.69) is 84.6 Å². The van der Waals surface area contributed by atoms with Gasteiger partial charge in [0, 0.05) is 45.6 Å². The van der Waals surface area contributed by atoms with Gasteiger partial charge in [0.05, 0.1) is 10.7 Å². The van der Waals surface area contributed by atoms with E-state index >= 15 is 0 Å². The molecule has 0 heterocycles. The zero-order valence-corrected chi connectivity index (χ0v) is 19.8. The molecule has 0 saturated heterocycles. The van der Waals surface area contributed by atoms with Gasteiger partial charge < -0.3 is 14.4 Å². The lowest BCUT2D eigenvalue weighted by atomic mass is 9.63. The third kappa shape index (κ3) is 4.56. The molecule has 0 aliphatic heterocycles. The fourth-order valence-corrected chi connectivity index (χ4v) is 5.04. The van der Waals surface area contributed by atoms with Crippen LogP contribution in [-0.2, 0) is 22.6 Å². The first-order chi connectivity index (χ1) is 15.6. The van der Waals surface area contributed by atoms with Gasteiger partial charge in [0.25, 0.3) is 0 Å². The molecule has 3 aromatic rings. The Morgan fingerprint density at radius 3 is 1.94 bits per heavy atom. The van der Waals surface area contributed by atoms with Crippen LogP contribution < -0.4 is 4.90 Å². The Morgan fingerprint density at radius 2 is 1.44 bits per heavy atom. The van der Waals surface area contributed by atoms with E-state index in [1.165, 1.54) is 22.6 Å². The molecule has 1 radical (unpaired) electrons. The van der Waals surface area contributed by atoms with Crippen LogP contribution in [0, 0.1) is 11.8 Å². The molecule has 0 N–H and O–H groups in total. The molecule has 0 bridgehead atoms. The minimum Gasteiger partial charge on any atom is -0.362 e. The van der Waals surface area contributed by atoms with Crippen LogP contribution in [0.5, 0.6) is 0 Å². The number of hydrogen-bond acceptors (Lipinski definition) is 3. The van der Waals surface area contributed by atoms with Crippen LogP contribution in [0.2, 0.25) is 5.02 Å². The van der Waals surface area contributed by atoms with Crippen molar-refractivity contribution in [1.82, 2.24) is 0 Å². The second kappa shape index (κ2) is 10.1. The lowest BCUT2D eigenvalue weighted by Crippen LogP contribution is -2.55. The van der Waals surface area contributed by atoms with Gasteiger partial charge in [0.1, 0.15) is 0 Å². The topological polar surface area (TPSA) is 21.7 Å². The van der Waals surface area contributed by atoms with Crippen LogP contribution in [0.15, 0.2) is 78.9 Å². The summed E-state index contributed by atoms with van der Waals surface area (Å²) in [7, 11) is 3.47. The SMILES string of the molecule is CCC1[C](c2ccc(Cl)c(N(Cc3ccccc3)Cc3ccccc3)c2)CC1(OC)OC. The van der Waals surface area contributed by atoms with E-state index in [1.54, 1.807) is 14.2 Å². The molecule has 4 rings (SSSR count). The summed E-state index contributed by atoms with van der Waals surface area (Å²) in [5.74, 6) is 1.09. The number of ether oxygens (including phenoxy) is 2. The first kappa shape index (κ1) is 22.8. The Kier molecular flexibility index (Phi) is 7.20. The lowest BCUT2D eigenvalue weighted by Gasteiger charge is -2.52. The summed E-state index contributed by atoms with van der Waals surface area (Å²) in [6.07, 6.45) is 1.74. The van der Waals surface area contributed by atoms with E-state index in [0.29, 0.717) is 0 Å². The van der Waals surface area contributed by atoms with E-state index in [-0.39, 0.29) is 5.92 Å². The normalized spacial score (nSPS) is 17.7. The first-order valence-electron chi connectivity index (χ1n) is 11.2. The average molecular weight is 449 g/mol. The van der Waals surface area contributed by atoms with Crippen LogP contribution in [0.1, 0.15) is 36.5 Å². The predicted molar refractivity (Wildman–Crippen MR) is 132 cm³/mol. The summed E-state index contributed by atoms with van der Waals surface area (Å²) >= 11 is 6.77. The van der Waals surface area contributed by atoms with Crippen molar-refractivity contribution in [2.24, 2.45) is 5.92 Å². The number of benzene rings is 3. The highest BCUT2D eigenvalue weighted by Crippen LogP contribution is 2.54. The Hall–Kier alpha value is -2.33. The van der Waals surface area contributed by atoms with E-state index in [1.807, 2.05) is 6.07 Å². The molecule has 1 fully saturated rings. The summed E-state index contributed by atoms with van der Waals surface area (Å²) in [5, 5.41) is 0.762. The monoisotopic (exact) mass is 448 g/mol. The summed E-state index contributed by atoms with van der Waals surface area (Å²) in [4.78, 5) is 2.36. The second-order valence-electron chi connectivity index (χ2n) is 8.38. The van der Waals surface area contributed by atoms with Crippen molar-refractivity contribution in [3.8, 4) is 0 Å². The largest absolute Gasteiger partial charge is 0.362 e. The highest BCUT2D eigenvalue weighted by Gasteiger charge is 2.55. The summed E-state index contributed by atoms with van der Waals surface area (Å²) < 4.78 is 11.5. The standard InChI is InChI=1S/C28H31ClNO2/c1-4-25-24(18-28(25,31-2)32-3)23-15-16-26(29)27(17-23)30(19-21-11-7-5-8-12-21)20-22-13-9-6-10-14-22/h5-17,25H,4,18-20H2,1-3H3. The Balaban J connectivity index is 1.66. The van der Waals surface area contributed by atoms with Crippen molar-refractivity contribution in [2.45, 2.75) is 38.6 Å². The molecule has 1 unspecified atom stereocenters. The van der Waals surface area contributed by atoms with Crippen molar-refractivity contribution in [1.29, 1.82) is 0 Å². The fraction of sp³-hybridized carbons (Fsp3) is 0.321. The van der Waals surface area contributed by atoms with Gasteiger partial charge in [-0.3, -0.25) is 0 Å². The van der Waals surface area contributed by atoms with Crippen molar-refractivity contribution in [3.63, 3.8) is 0 Å². The molecule has 0 aromatic heterocycles. The summed E-state index contributed by atoms with van der Waals surface area (Å²) in [6, 6.07) is 27.5. The number of anilines is 1. The molecular weight excluding hydrogens is 418 g/mol. The first-order valence-corrected chi connectivity index (χ1v) is 11.6. The van der Waals surface area contributed by atoms with Crippen LogP contribution >= 0.6 is 11.6 Å². The van der Waals surface area contributed by atoms with Gasteiger partial charge in [0.15, 0.2) is 5.79 Å². The van der Waals surface area contributed by atoms with Crippen molar-refractivity contribution >= 4 is 17.3 Å². The predicted octanol–water partition coefficient (Wildman–Crippen LogP) is 6.89. The smallest absolute Gasteiger partial charge is 0.172 e. The highest BCUT2D eigenvalue weighted by atomic mass is 35.5. The second-order valence-corrected chi connectivity index (χ2v) is 8.78. The van der Waals surface area contributed by atoms with Crippen molar-refractivity contribution < 1.29 is 9.47 Å². The summed E-state index contributed by atoms with van der Waals surface area (Å²) in [6.45, 7) is 3.75. The third-order valence-corrected chi connectivity index (χ3v) is 6.90. The van der Waals surface area contributed by atoms with Gasteiger partial charge in [-0.15, -0.1) is 0 Å².